The molecule has 47 heavy (non-hydrogen) atoms. The van der Waals surface area contributed by atoms with Crippen molar-refractivity contribution in [3.8, 4) is 22.3 Å². The first-order chi connectivity index (χ1) is 23.3. The zero-order chi connectivity index (χ0) is 30.8. The van der Waals surface area contributed by atoms with Gasteiger partial charge in [0.15, 0.2) is 0 Å². The van der Waals surface area contributed by atoms with Gasteiger partial charge in [-0.1, -0.05) is 140 Å². The molecule has 0 aromatic heterocycles. The Morgan fingerprint density at radius 3 is 0.872 bits per heavy atom. The molecule has 0 fully saturated rings. The Hall–Kier alpha value is -5.66. The summed E-state index contributed by atoms with van der Waals surface area (Å²) in [6.45, 7) is 0. The van der Waals surface area contributed by atoms with Crippen LogP contribution < -0.4 is 5.73 Å². The maximum absolute atomic E-state index is 7.16. The monoisotopic (exact) mass is 597 g/mol. The van der Waals surface area contributed by atoms with E-state index in [1.54, 1.807) is 0 Å². The van der Waals surface area contributed by atoms with Crippen LogP contribution in [0.2, 0.25) is 0 Å². The minimum Gasteiger partial charge on any atom is -0.398 e. The van der Waals surface area contributed by atoms with Crippen molar-refractivity contribution >= 4 is 5.69 Å². The molecule has 0 heterocycles. The fourth-order valence-electron chi connectivity index (χ4n) is 9.74. The number of anilines is 1. The molecule has 0 amide bonds. The maximum atomic E-state index is 7.16. The van der Waals surface area contributed by atoms with Crippen molar-refractivity contribution in [2.24, 2.45) is 0 Å². The van der Waals surface area contributed by atoms with Gasteiger partial charge in [0.25, 0.3) is 0 Å². The van der Waals surface area contributed by atoms with E-state index < -0.39 is 0 Å². The molecule has 1 nitrogen and oxygen atoms in total. The highest BCUT2D eigenvalue weighted by Gasteiger charge is 2.42. The number of hydrogen-bond acceptors (Lipinski definition) is 1. The lowest BCUT2D eigenvalue weighted by molar-refractivity contribution is 0.754. The summed E-state index contributed by atoms with van der Waals surface area (Å²) in [4.78, 5) is 0. The lowest BCUT2D eigenvalue weighted by Gasteiger charge is -2.42. The minimum atomic E-state index is 0.244. The van der Waals surface area contributed by atoms with Gasteiger partial charge < -0.3 is 5.73 Å². The van der Waals surface area contributed by atoms with Gasteiger partial charge in [0.2, 0.25) is 0 Å². The Labute approximate surface area is 275 Å². The van der Waals surface area contributed by atoms with E-state index in [0.29, 0.717) is 0 Å². The first kappa shape index (κ1) is 25.5. The first-order valence-electron chi connectivity index (χ1n) is 16.8. The number of benzene rings is 7. The molecular weight excluding hydrogens is 567 g/mol. The topological polar surface area (TPSA) is 26.0 Å². The lowest BCUT2D eigenvalue weighted by atomic mass is 9.61. The molecule has 7 aromatic carbocycles. The summed E-state index contributed by atoms with van der Waals surface area (Å²) in [5.41, 5.74) is 29.8. The summed E-state index contributed by atoms with van der Waals surface area (Å²) < 4.78 is 0. The molecule has 1 heteroatoms. The van der Waals surface area contributed by atoms with Crippen LogP contribution in [0.15, 0.2) is 152 Å². The van der Waals surface area contributed by atoms with Crippen molar-refractivity contribution in [1.82, 2.24) is 0 Å². The Morgan fingerprint density at radius 2 is 0.553 bits per heavy atom. The van der Waals surface area contributed by atoms with Crippen molar-refractivity contribution in [3.63, 3.8) is 0 Å². The quantitative estimate of drug-likeness (QED) is 0.197. The summed E-state index contributed by atoms with van der Waals surface area (Å²) in [6.07, 6.45) is 0. The molecule has 0 saturated carbocycles. The van der Waals surface area contributed by atoms with Crippen LogP contribution >= 0.6 is 0 Å². The normalized spacial score (nSPS) is 20.0. The van der Waals surface area contributed by atoms with Gasteiger partial charge in [0, 0.05) is 40.5 Å². The maximum Gasteiger partial charge on any atom is 0.0473 e. The summed E-state index contributed by atoms with van der Waals surface area (Å²) in [6, 6.07) is 56.8. The largest absolute Gasteiger partial charge is 0.398 e. The van der Waals surface area contributed by atoms with Crippen LogP contribution in [-0.2, 0) is 0 Å². The van der Waals surface area contributed by atoms with E-state index in [4.69, 9.17) is 5.73 Å². The highest BCUT2D eigenvalue weighted by atomic mass is 14.6. The molecule has 0 unspecified atom stereocenters. The highest BCUT2D eigenvalue weighted by Crippen LogP contribution is 2.58. The van der Waals surface area contributed by atoms with Crippen molar-refractivity contribution in [2.75, 3.05) is 5.73 Å². The van der Waals surface area contributed by atoms with Crippen molar-refractivity contribution in [1.29, 1.82) is 0 Å². The molecule has 0 saturated heterocycles. The summed E-state index contributed by atoms with van der Waals surface area (Å²) in [7, 11) is 0. The van der Waals surface area contributed by atoms with Gasteiger partial charge in [-0.05, 0) is 90.0 Å². The molecule has 0 atom stereocenters. The molecule has 6 aliphatic rings. The van der Waals surface area contributed by atoms with E-state index in [1.165, 1.54) is 77.9 Å². The van der Waals surface area contributed by atoms with E-state index in [0.717, 1.165) is 16.8 Å². The fraction of sp³-hybridized carbons (Fsp3) is 0.0870. The molecule has 4 bridgehead atoms. The number of nitrogen functional groups attached to an aromatic ring is 1. The molecule has 2 N–H and O–H groups in total. The third-order valence-corrected chi connectivity index (χ3v) is 11.6. The summed E-state index contributed by atoms with van der Waals surface area (Å²) in [5.74, 6) is 1.05. The smallest absolute Gasteiger partial charge is 0.0473 e. The van der Waals surface area contributed by atoms with E-state index in [1.807, 2.05) is 0 Å². The van der Waals surface area contributed by atoms with Crippen LogP contribution in [-0.4, -0.2) is 0 Å². The Kier molecular flexibility index (Phi) is 5.00. The minimum absolute atomic E-state index is 0.244. The van der Waals surface area contributed by atoms with Crippen molar-refractivity contribution < 1.29 is 0 Å². The van der Waals surface area contributed by atoms with E-state index in [9.17, 15) is 0 Å². The molecule has 13 rings (SSSR count). The predicted octanol–water partition coefficient (Wildman–Crippen LogP) is 10.6. The standard InChI is InChI=1S/C46H31N/c47-46-28(26-20-22-38-40(24-26)44-34-14-5-1-10-30(34)42(38)31-11-2-6-15-35(31)44)18-9-19-29(46)27-21-23-39-41(25-27)45-36-16-7-3-12-32(36)43(39)33-13-4-8-17-37(33)45/h1-25,42-45H,47H2. The van der Waals surface area contributed by atoms with Crippen LogP contribution in [0, 0.1) is 0 Å². The predicted molar refractivity (Wildman–Crippen MR) is 191 cm³/mol. The molecule has 0 radical (unpaired) electrons. The second-order valence-corrected chi connectivity index (χ2v) is 13.7. The third-order valence-electron chi connectivity index (χ3n) is 11.6. The van der Waals surface area contributed by atoms with Crippen LogP contribution in [0.25, 0.3) is 22.3 Å². The van der Waals surface area contributed by atoms with Crippen molar-refractivity contribution in [2.45, 2.75) is 23.7 Å². The lowest BCUT2D eigenvalue weighted by Crippen LogP contribution is -2.27. The molecular formula is C46H31N. The zero-order valence-electron chi connectivity index (χ0n) is 25.8. The van der Waals surface area contributed by atoms with Gasteiger partial charge in [0.05, 0.1) is 0 Å². The Balaban J connectivity index is 1.04. The molecule has 7 aromatic rings. The van der Waals surface area contributed by atoms with Crippen LogP contribution in [0.5, 0.6) is 0 Å². The van der Waals surface area contributed by atoms with E-state index in [2.05, 4.69) is 152 Å². The SMILES string of the molecule is Nc1c(-c2ccc3c(c2)C2c4ccccc4C3c3ccccc32)cccc1-c1ccc2c(c1)C1c3ccccc3C2c2ccccc21. The summed E-state index contributed by atoms with van der Waals surface area (Å²) >= 11 is 0. The average molecular weight is 598 g/mol. The summed E-state index contributed by atoms with van der Waals surface area (Å²) in [5, 5.41) is 0. The van der Waals surface area contributed by atoms with Gasteiger partial charge in [0.1, 0.15) is 0 Å². The van der Waals surface area contributed by atoms with Gasteiger partial charge in [-0.3, -0.25) is 0 Å². The Bertz CT molecular complexity index is 2200. The second kappa shape index (κ2) is 9.21. The van der Waals surface area contributed by atoms with Crippen LogP contribution in [0.3, 0.4) is 0 Å². The van der Waals surface area contributed by atoms with Gasteiger partial charge >= 0.3 is 0 Å². The average Bonchev–Trinajstić information content (AvgIpc) is 3.14. The fourth-order valence-corrected chi connectivity index (χ4v) is 9.74. The number of hydrogen-bond donors (Lipinski definition) is 1. The van der Waals surface area contributed by atoms with Gasteiger partial charge in [-0.25, -0.2) is 0 Å². The first-order valence-corrected chi connectivity index (χ1v) is 16.8. The zero-order valence-corrected chi connectivity index (χ0v) is 25.8. The van der Waals surface area contributed by atoms with E-state index in [-0.39, 0.29) is 23.7 Å². The van der Waals surface area contributed by atoms with Crippen LogP contribution in [0.4, 0.5) is 5.69 Å². The molecule has 0 aliphatic heterocycles. The van der Waals surface area contributed by atoms with Gasteiger partial charge in [-0.15, -0.1) is 0 Å². The Morgan fingerprint density at radius 1 is 0.277 bits per heavy atom. The molecule has 0 spiro atoms. The van der Waals surface area contributed by atoms with Crippen molar-refractivity contribution in [3.05, 3.63) is 218 Å². The van der Waals surface area contributed by atoms with Crippen LogP contribution in [0.1, 0.15) is 90.4 Å². The third kappa shape index (κ3) is 3.29. The second-order valence-electron chi connectivity index (χ2n) is 13.7. The highest BCUT2D eigenvalue weighted by molar-refractivity contribution is 5.90. The van der Waals surface area contributed by atoms with E-state index >= 15 is 0 Å². The molecule has 220 valence electrons. The number of nitrogens with two attached hydrogens (primary N) is 1. The van der Waals surface area contributed by atoms with Gasteiger partial charge in [-0.2, -0.15) is 0 Å². The molecule has 6 aliphatic carbocycles. The number of rotatable bonds is 2. The number of para-hydroxylation sites is 1.